The average molecular weight is 457 g/mol. The van der Waals surface area contributed by atoms with Crippen molar-refractivity contribution in [3.8, 4) is 0 Å². The molecule has 0 unspecified atom stereocenters. The summed E-state index contributed by atoms with van der Waals surface area (Å²) in [6.45, 7) is 3.08. The van der Waals surface area contributed by atoms with Gasteiger partial charge in [-0.15, -0.1) is 0 Å². The lowest BCUT2D eigenvalue weighted by molar-refractivity contribution is -0.117. The summed E-state index contributed by atoms with van der Waals surface area (Å²) in [5.74, 6) is -0.697. The number of pyridine rings is 1. The van der Waals surface area contributed by atoms with Crippen LogP contribution in [0.2, 0.25) is 0 Å². The van der Waals surface area contributed by atoms with Gasteiger partial charge >= 0.3 is 5.69 Å². The van der Waals surface area contributed by atoms with E-state index in [1.54, 1.807) is 36.4 Å². The number of fused-ring (bicyclic) bond motifs is 1. The maximum Gasteiger partial charge on any atom is 0.332 e. The van der Waals surface area contributed by atoms with Crippen molar-refractivity contribution in [1.82, 2.24) is 14.1 Å². The Morgan fingerprint density at radius 2 is 1.62 bits per heavy atom. The van der Waals surface area contributed by atoms with E-state index in [0.29, 0.717) is 11.4 Å². The van der Waals surface area contributed by atoms with Crippen LogP contribution in [0.4, 0.5) is 11.4 Å². The molecule has 9 nitrogen and oxygen atoms in total. The van der Waals surface area contributed by atoms with Gasteiger partial charge in [0.05, 0.1) is 12.1 Å². The standard InChI is InChI=1S/C25H23N5O4/c1-16-8-10-18(11-9-16)14-30-24(33)23-21(7-4-12-26-23)29(25(30)34)15-22(32)28-20-6-3-5-19(13-20)27-17(2)31/h3-13H,14-15H2,1-2H3,(H,27,31)(H,28,32). The molecule has 2 N–H and O–H groups in total. The van der Waals surface area contributed by atoms with Crippen LogP contribution in [0, 0.1) is 6.92 Å². The first-order chi connectivity index (χ1) is 16.3. The first-order valence-corrected chi connectivity index (χ1v) is 10.6. The summed E-state index contributed by atoms with van der Waals surface area (Å²) < 4.78 is 2.33. The number of nitrogens with zero attached hydrogens (tertiary/aromatic N) is 3. The number of aromatic nitrogens is 3. The Labute approximate surface area is 194 Å². The van der Waals surface area contributed by atoms with Gasteiger partial charge in [-0.25, -0.2) is 9.78 Å². The summed E-state index contributed by atoms with van der Waals surface area (Å²) in [4.78, 5) is 54.6. The minimum atomic E-state index is -0.603. The number of amides is 2. The van der Waals surface area contributed by atoms with E-state index in [0.717, 1.165) is 15.7 Å². The van der Waals surface area contributed by atoms with E-state index in [1.165, 1.54) is 17.7 Å². The van der Waals surface area contributed by atoms with Crippen LogP contribution >= 0.6 is 0 Å². The average Bonchev–Trinajstić information content (AvgIpc) is 2.80. The molecule has 0 aliphatic rings. The summed E-state index contributed by atoms with van der Waals surface area (Å²) in [6, 6.07) is 17.4. The molecular weight excluding hydrogens is 434 g/mol. The van der Waals surface area contributed by atoms with Gasteiger partial charge in [-0.05, 0) is 42.8 Å². The molecule has 0 aliphatic heterocycles. The van der Waals surface area contributed by atoms with E-state index in [9.17, 15) is 19.2 Å². The fraction of sp³-hybridized carbons (Fsp3) is 0.160. The molecule has 0 spiro atoms. The molecule has 0 saturated heterocycles. The van der Waals surface area contributed by atoms with E-state index >= 15 is 0 Å². The maximum absolute atomic E-state index is 13.3. The topological polar surface area (TPSA) is 115 Å². The van der Waals surface area contributed by atoms with E-state index in [-0.39, 0.29) is 30.0 Å². The van der Waals surface area contributed by atoms with Gasteiger partial charge in [0.2, 0.25) is 11.8 Å². The predicted molar refractivity (Wildman–Crippen MR) is 130 cm³/mol. The van der Waals surface area contributed by atoms with Gasteiger partial charge in [-0.3, -0.25) is 23.5 Å². The Balaban J connectivity index is 1.68. The minimum absolute atomic E-state index is 0.0604. The van der Waals surface area contributed by atoms with Crippen LogP contribution in [0.5, 0.6) is 0 Å². The van der Waals surface area contributed by atoms with Gasteiger partial charge in [0.25, 0.3) is 5.56 Å². The second-order valence-corrected chi connectivity index (χ2v) is 7.93. The number of anilines is 2. The molecule has 0 saturated carbocycles. The summed E-state index contributed by atoms with van der Waals surface area (Å²) in [5.41, 5.74) is 2.10. The second kappa shape index (κ2) is 9.53. The number of nitrogens with one attached hydrogen (secondary N) is 2. The van der Waals surface area contributed by atoms with Gasteiger partial charge in [-0.1, -0.05) is 35.9 Å². The highest BCUT2D eigenvalue weighted by molar-refractivity contribution is 5.93. The van der Waals surface area contributed by atoms with E-state index in [2.05, 4.69) is 15.6 Å². The number of hydrogen-bond acceptors (Lipinski definition) is 5. The number of carbonyl (C=O) groups excluding carboxylic acids is 2. The summed E-state index contributed by atoms with van der Waals surface area (Å²) in [5, 5.41) is 5.38. The molecular formula is C25H23N5O4. The Morgan fingerprint density at radius 1 is 0.912 bits per heavy atom. The van der Waals surface area contributed by atoms with Crippen molar-refractivity contribution >= 4 is 34.2 Å². The first kappa shape index (κ1) is 22.7. The number of aryl methyl sites for hydroxylation is 1. The smallest absolute Gasteiger partial charge is 0.326 e. The zero-order valence-electron chi connectivity index (χ0n) is 18.7. The Hall–Kier alpha value is -4.53. The molecule has 0 radical (unpaired) electrons. The summed E-state index contributed by atoms with van der Waals surface area (Å²) in [6.07, 6.45) is 1.47. The quantitative estimate of drug-likeness (QED) is 0.462. The highest BCUT2D eigenvalue weighted by Crippen LogP contribution is 2.15. The molecule has 2 heterocycles. The van der Waals surface area contributed by atoms with Crippen molar-refractivity contribution in [2.75, 3.05) is 10.6 Å². The fourth-order valence-electron chi connectivity index (χ4n) is 3.63. The number of benzene rings is 2. The third-order valence-electron chi connectivity index (χ3n) is 5.22. The van der Waals surface area contributed by atoms with Crippen LogP contribution in [0.1, 0.15) is 18.1 Å². The summed E-state index contributed by atoms with van der Waals surface area (Å²) >= 11 is 0. The van der Waals surface area contributed by atoms with Gasteiger partial charge < -0.3 is 10.6 Å². The Bertz CT molecular complexity index is 1500. The van der Waals surface area contributed by atoms with Crippen molar-refractivity contribution < 1.29 is 9.59 Å². The molecule has 4 aromatic rings. The van der Waals surface area contributed by atoms with Crippen molar-refractivity contribution in [1.29, 1.82) is 0 Å². The minimum Gasteiger partial charge on any atom is -0.326 e. The molecule has 2 aromatic heterocycles. The summed E-state index contributed by atoms with van der Waals surface area (Å²) in [7, 11) is 0. The third-order valence-corrected chi connectivity index (χ3v) is 5.22. The number of hydrogen-bond donors (Lipinski definition) is 2. The predicted octanol–water partition coefficient (Wildman–Crippen LogP) is 2.51. The highest BCUT2D eigenvalue weighted by atomic mass is 16.2. The molecule has 0 bridgehead atoms. The monoisotopic (exact) mass is 457 g/mol. The molecule has 9 heteroatoms. The van der Waals surface area contributed by atoms with Gasteiger partial charge in [0.1, 0.15) is 6.54 Å². The molecule has 2 aromatic carbocycles. The van der Waals surface area contributed by atoms with Crippen LogP contribution in [0.25, 0.3) is 11.0 Å². The maximum atomic E-state index is 13.3. The fourth-order valence-corrected chi connectivity index (χ4v) is 3.63. The molecule has 4 rings (SSSR count). The van der Waals surface area contributed by atoms with Gasteiger partial charge in [0, 0.05) is 24.5 Å². The van der Waals surface area contributed by atoms with Crippen molar-refractivity contribution in [3.63, 3.8) is 0 Å². The largest absolute Gasteiger partial charge is 0.332 e. The van der Waals surface area contributed by atoms with Crippen molar-refractivity contribution in [2.24, 2.45) is 0 Å². The first-order valence-electron chi connectivity index (χ1n) is 10.6. The van der Waals surface area contributed by atoms with Crippen LogP contribution in [0.15, 0.2) is 76.4 Å². The molecule has 34 heavy (non-hydrogen) atoms. The molecule has 172 valence electrons. The van der Waals surface area contributed by atoms with Gasteiger partial charge in [-0.2, -0.15) is 0 Å². The molecule has 0 aliphatic carbocycles. The lowest BCUT2D eigenvalue weighted by Gasteiger charge is -2.14. The van der Waals surface area contributed by atoms with Crippen molar-refractivity contribution in [3.05, 3.63) is 98.8 Å². The molecule has 0 atom stereocenters. The van der Waals surface area contributed by atoms with E-state index < -0.39 is 17.2 Å². The lowest BCUT2D eigenvalue weighted by Crippen LogP contribution is -2.42. The zero-order valence-corrected chi connectivity index (χ0v) is 18.7. The highest BCUT2D eigenvalue weighted by Gasteiger charge is 2.16. The van der Waals surface area contributed by atoms with Gasteiger partial charge in [0.15, 0.2) is 5.52 Å². The Morgan fingerprint density at radius 3 is 2.32 bits per heavy atom. The second-order valence-electron chi connectivity index (χ2n) is 7.93. The number of carbonyl (C=O) groups is 2. The van der Waals surface area contributed by atoms with Crippen molar-refractivity contribution in [2.45, 2.75) is 26.9 Å². The third kappa shape index (κ3) is 4.93. The normalized spacial score (nSPS) is 10.8. The van der Waals surface area contributed by atoms with E-state index in [1.807, 2.05) is 31.2 Å². The van der Waals surface area contributed by atoms with Crippen LogP contribution in [-0.4, -0.2) is 25.9 Å². The van der Waals surface area contributed by atoms with Crippen LogP contribution < -0.4 is 21.9 Å². The SMILES string of the molecule is CC(=O)Nc1cccc(NC(=O)Cn2c(=O)n(Cc3ccc(C)cc3)c(=O)c3ncccc32)c1. The zero-order chi connectivity index (χ0) is 24.2. The number of rotatable bonds is 6. The lowest BCUT2D eigenvalue weighted by atomic mass is 10.1. The molecule has 2 amide bonds. The van der Waals surface area contributed by atoms with Crippen LogP contribution in [0.3, 0.4) is 0 Å². The van der Waals surface area contributed by atoms with Crippen LogP contribution in [-0.2, 0) is 22.7 Å². The van der Waals surface area contributed by atoms with E-state index in [4.69, 9.17) is 0 Å². The molecule has 0 fully saturated rings. The Kier molecular flexibility index (Phi) is 6.35.